The molecule has 0 aliphatic heterocycles. The van der Waals surface area contributed by atoms with E-state index in [1.807, 2.05) is 6.92 Å². The second-order valence-electron chi connectivity index (χ2n) is 3.40. The molecular formula is C10H14N6. The van der Waals surface area contributed by atoms with Crippen molar-refractivity contribution in [3.8, 4) is 5.95 Å². The fourth-order valence-electron chi connectivity index (χ4n) is 1.28. The van der Waals surface area contributed by atoms with Crippen molar-refractivity contribution < 1.29 is 0 Å². The predicted octanol–water partition coefficient (Wildman–Crippen LogP) is 1.19. The summed E-state index contributed by atoms with van der Waals surface area (Å²) in [6.45, 7) is 4.80. The van der Waals surface area contributed by atoms with E-state index in [9.17, 15) is 0 Å². The summed E-state index contributed by atoms with van der Waals surface area (Å²) in [6, 6.07) is 0. The van der Waals surface area contributed by atoms with Crippen molar-refractivity contribution in [2.45, 2.75) is 20.3 Å². The van der Waals surface area contributed by atoms with Gasteiger partial charge in [0.05, 0.1) is 0 Å². The SMILES string of the molecule is CCCNc1nc(C)nc(-n2ccnc2)n1. The molecule has 6 nitrogen and oxygen atoms in total. The lowest BCUT2D eigenvalue weighted by atomic mass is 10.5. The molecule has 0 aliphatic carbocycles. The molecule has 0 bridgehead atoms. The lowest BCUT2D eigenvalue weighted by molar-refractivity contribution is 0.854. The van der Waals surface area contributed by atoms with Crippen LogP contribution in [0.3, 0.4) is 0 Å². The normalized spacial score (nSPS) is 10.4. The average molecular weight is 218 g/mol. The van der Waals surface area contributed by atoms with Crippen molar-refractivity contribution in [2.75, 3.05) is 11.9 Å². The zero-order valence-electron chi connectivity index (χ0n) is 9.38. The zero-order chi connectivity index (χ0) is 11.4. The minimum Gasteiger partial charge on any atom is -0.354 e. The van der Waals surface area contributed by atoms with Gasteiger partial charge in [-0.15, -0.1) is 0 Å². The lowest BCUT2D eigenvalue weighted by Gasteiger charge is -2.06. The fraction of sp³-hybridized carbons (Fsp3) is 0.400. The number of aromatic nitrogens is 5. The highest BCUT2D eigenvalue weighted by Crippen LogP contribution is 2.05. The molecule has 0 fully saturated rings. The third kappa shape index (κ3) is 2.33. The molecule has 84 valence electrons. The number of hydrogen-bond donors (Lipinski definition) is 1. The zero-order valence-corrected chi connectivity index (χ0v) is 9.38. The van der Waals surface area contributed by atoms with E-state index >= 15 is 0 Å². The number of rotatable bonds is 4. The van der Waals surface area contributed by atoms with Gasteiger partial charge in [-0.05, 0) is 13.3 Å². The second kappa shape index (κ2) is 4.69. The Balaban J connectivity index is 2.29. The van der Waals surface area contributed by atoms with Crippen LogP contribution in [0.5, 0.6) is 0 Å². The van der Waals surface area contributed by atoms with E-state index in [0.29, 0.717) is 17.7 Å². The summed E-state index contributed by atoms with van der Waals surface area (Å²) >= 11 is 0. The van der Waals surface area contributed by atoms with E-state index in [1.54, 1.807) is 23.3 Å². The van der Waals surface area contributed by atoms with Crippen LogP contribution in [0.1, 0.15) is 19.2 Å². The third-order valence-electron chi connectivity index (χ3n) is 2.00. The van der Waals surface area contributed by atoms with Gasteiger partial charge in [0.1, 0.15) is 12.2 Å². The van der Waals surface area contributed by atoms with Crippen LogP contribution in [0, 0.1) is 6.92 Å². The molecule has 2 aromatic heterocycles. The highest BCUT2D eigenvalue weighted by molar-refractivity contribution is 5.28. The summed E-state index contributed by atoms with van der Waals surface area (Å²) in [5.74, 6) is 1.89. The van der Waals surface area contributed by atoms with Gasteiger partial charge in [-0.1, -0.05) is 6.92 Å². The summed E-state index contributed by atoms with van der Waals surface area (Å²) in [6.07, 6.45) is 6.19. The number of anilines is 1. The Morgan fingerprint density at radius 2 is 2.19 bits per heavy atom. The van der Waals surface area contributed by atoms with Crippen LogP contribution in [0.2, 0.25) is 0 Å². The minimum absolute atomic E-state index is 0.587. The highest BCUT2D eigenvalue weighted by atomic mass is 15.2. The molecule has 0 saturated carbocycles. The first-order valence-corrected chi connectivity index (χ1v) is 5.24. The first kappa shape index (κ1) is 10.5. The van der Waals surface area contributed by atoms with Gasteiger partial charge >= 0.3 is 0 Å². The van der Waals surface area contributed by atoms with Gasteiger partial charge in [-0.2, -0.15) is 15.0 Å². The van der Waals surface area contributed by atoms with Crippen LogP contribution in [0.15, 0.2) is 18.7 Å². The molecule has 0 amide bonds. The Kier molecular flexibility index (Phi) is 3.09. The molecule has 1 N–H and O–H groups in total. The minimum atomic E-state index is 0.587. The van der Waals surface area contributed by atoms with Crippen LogP contribution in [-0.2, 0) is 0 Å². The standard InChI is InChI=1S/C10H14N6/c1-3-4-12-9-13-8(2)14-10(15-9)16-6-5-11-7-16/h5-7H,3-4H2,1-2H3,(H,12,13,14,15). The van der Waals surface area contributed by atoms with Crippen LogP contribution in [0.25, 0.3) is 5.95 Å². The third-order valence-corrected chi connectivity index (χ3v) is 2.00. The van der Waals surface area contributed by atoms with E-state index in [1.165, 1.54) is 0 Å². The Hall–Kier alpha value is -1.98. The quantitative estimate of drug-likeness (QED) is 0.834. The van der Waals surface area contributed by atoms with E-state index in [2.05, 4.69) is 32.2 Å². The van der Waals surface area contributed by atoms with Crippen molar-refractivity contribution in [1.82, 2.24) is 24.5 Å². The Morgan fingerprint density at radius 3 is 2.88 bits per heavy atom. The molecule has 0 aliphatic rings. The van der Waals surface area contributed by atoms with Crippen molar-refractivity contribution >= 4 is 5.95 Å². The molecule has 2 heterocycles. The van der Waals surface area contributed by atoms with Gasteiger partial charge in [0, 0.05) is 18.9 Å². The Morgan fingerprint density at radius 1 is 1.31 bits per heavy atom. The summed E-state index contributed by atoms with van der Waals surface area (Å²) in [5, 5.41) is 3.14. The topological polar surface area (TPSA) is 68.5 Å². The Labute approximate surface area is 93.8 Å². The summed E-state index contributed by atoms with van der Waals surface area (Å²) < 4.78 is 1.76. The molecule has 0 saturated heterocycles. The van der Waals surface area contributed by atoms with Crippen LogP contribution < -0.4 is 5.32 Å². The summed E-state index contributed by atoms with van der Waals surface area (Å²) in [5.41, 5.74) is 0. The van der Waals surface area contributed by atoms with Crippen LogP contribution >= 0.6 is 0 Å². The smallest absolute Gasteiger partial charge is 0.239 e. The first-order chi connectivity index (χ1) is 7.79. The van der Waals surface area contributed by atoms with E-state index in [0.717, 1.165) is 13.0 Å². The van der Waals surface area contributed by atoms with Crippen molar-refractivity contribution in [2.24, 2.45) is 0 Å². The molecular weight excluding hydrogens is 204 g/mol. The molecule has 0 spiro atoms. The van der Waals surface area contributed by atoms with Gasteiger partial charge in [0.25, 0.3) is 0 Å². The average Bonchev–Trinajstić information content (AvgIpc) is 2.79. The largest absolute Gasteiger partial charge is 0.354 e. The van der Waals surface area contributed by atoms with Gasteiger partial charge in [-0.3, -0.25) is 4.57 Å². The van der Waals surface area contributed by atoms with Crippen LogP contribution in [-0.4, -0.2) is 31.0 Å². The fourth-order valence-corrected chi connectivity index (χ4v) is 1.28. The highest BCUT2D eigenvalue weighted by Gasteiger charge is 2.04. The first-order valence-electron chi connectivity index (χ1n) is 5.24. The molecule has 2 rings (SSSR count). The molecule has 16 heavy (non-hydrogen) atoms. The summed E-state index contributed by atoms with van der Waals surface area (Å²) in [4.78, 5) is 16.7. The maximum absolute atomic E-state index is 4.30. The van der Waals surface area contributed by atoms with Gasteiger partial charge in [0.15, 0.2) is 0 Å². The number of imidazole rings is 1. The maximum atomic E-state index is 4.30. The lowest BCUT2D eigenvalue weighted by Crippen LogP contribution is -2.09. The van der Waals surface area contributed by atoms with E-state index in [4.69, 9.17) is 0 Å². The second-order valence-corrected chi connectivity index (χ2v) is 3.40. The molecule has 2 aromatic rings. The van der Waals surface area contributed by atoms with E-state index in [-0.39, 0.29) is 0 Å². The van der Waals surface area contributed by atoms with E-state index < -0.39 is 0 Å². The van der Waals surface area contributed by atoms with Gasteiger partial charge in [-0.25, -0.2) is 4.98 Å². The molecule has 0 radical (unpaired) electrons. The number of aryl methyl sites for hydroxylation is 1. The number of nitrogens with one attached hydrogen (secondary N) is 1. The van der Waals surface area contributed by atoms with Crippen LogP contribution in [0.4, 0.5) is 5.95 Å². The molecule has 6 heteroatoms. The maximum Gasteiger partial charge on any atom is 0.239 e. The van der Waals surface area contributed by atoms with Crippen molar-refractivity contribution in [3.63, 3.8) is 0 Å². The van der Waals surface area contributed by atoms with Gasteiger partial charge in [0.2, 0.25) is 11.9 Å². The molecule has 0 aromatic carbocycles. The van der Waals surface area contributed by atoms with Gasteiger partial charge < -0.3 is 5.32 Å². The Bertz CT molecular complexity index is 450. The monoisotopic (exact) mass is 218 g/mol. The van der Waals surface area contributed by atoms with Crippen molar-refractivity contribution in [3.05, 3.63) is 24.5 Å². The molecule has 0 atom stereocenters. The van der Waals surface area contributed by atoms with Crippen molar-refractivity contribution in [1.29, 1.82) is 0 Å². The predicted molar refractivity (Wildman–Crippen MR) is 60.5 cm³/mol. The number of nitrogens with zero attached hydrogens (tertiary/aromatic N) is 5. The number of hydrogen-bond acceptors (Lipinski definition) is 5. The summed E-state index contributed by atoms with van der Waals surface area (Å²) in [7, 11) is 0. The molecule has 0 unspecified atom stereocenters.